The number of aryl methyl sites for hydroxylation is 1. The number of hydrogen-bond acceptors (Lipinski definition) is 4. The van der Waals surface area contributed by atoms with Crippen molar-refractivity contribution in [3.05, 3.63) is 69.7 Å². The van der Waals surface area contributed by atoms with Crippen LogP contribution >= 0.6 is 23.4 Å². The number of halogens is 1. The van der Waals surface area contributed by atoms with Gasteiger partial charge in [0.2, 0.25) is 0 Å². The van der Waals surface area contributed by atoms with Crippen LogP contribution in [0.3, 0.4) is 0 Å². The third-order valence-corrected chi connectivity index (χ3v) is 6.66. The summed E-state index contributed by atoms with van der Waals surface area (Å²) >= 11 is 7.33. The van der Waals surface area contributed by atoms with Crippen LogP contribution in [0.25, 0.3) is 0 Å². The number of carbonyl (C=O) groups is 2. The van der Waals surface area contributed by atoms with E-state index in [1.807, 2.05) is 31.2 Å². The van der Waals surface area contributed by atoms with Crippen molar-refractivity contribution >= 4 is 40.9 Å². The van der Waals surface area contributed by atoms with Crippen molar-refractivity contribution in [2.75, 3.05) is 4.90 Å². The summed E-state index contributed by atoms with van der Waals surface area (Å²) in [6, 6.07) is 15.0. The highest BCUT2D eigenvalue weighted by Crippen LogP contribution is 2.37. The van der Waals surface area contributed by atoms with Gasteiger partial charge in [-0.2, -0.15) is 0 Å². The number of amides is 2. The van der Waals surface area contributed by atoms with E-state index in [1.54, 1.807) is 24.3 Å². The molecule has 1 saturated carbocycles. The van der Waals surface area contributed by atoms with Crippen LogP contribution < -0.4 is 10.2 Å². The fourth-order valence-electron chi connectivity index (χ4n) is 3.73. The Labute approximate surface area is 180 Å². The van der Waals surface area contributed by atoms with Gasteiger partial charge in [-0.3, -0.25) is 9.59 Å². The van der Waals surface area contributed by atoms with Crippen molar-refractivity contribution in [1.29, 1.82) is 0 Å². The van der Waals surface area contributed by atoms with Crippen LogP contribution in [0.2, 0.25) is 5.02 Å². The standard InChI is InChI=1S/C23H23ClN2O2S/c1-15-7-13-19(14-8-15)29-21-20(25-17-5-3-2-4-6-17)22(27)26(23(21)28)18-11-9-16(24)10-12-18/h7-14,17,25H,2-6H2,1H3. The molecule has 1 aliphatic heterocycles. The lowest BCUT2D eigenvalue weighted by molar-refractivity contribution is -0.120. The van der Waals surface area contributed by atoms with Crippen molar-refractivity contribution in [2.45, 2.75) is 50.0 Å². The molecule has 2 aromatic rings. The summed E-state index contributed by atoms with van der Waals surface area (Å²) in [5, 5.41) is 3.98. The van der Waals surface area contributed by atoms with Crippen LogP contribution in [0.5, 0.6) is 0 Å². The Morgan fingerprint density at radius 3 is 2.24 bits per heavy atom. The third kappa shape index (κ3) is 4.36. The van der Waals surface area contributed by atoms with Gasteiger partial charge in [0.1, 0.15) is 10.6 Å². The maximum Gasteiger partial charge on any atom is 0.282 e. The van der Waals surface area contributed by atoms with E-state index in [4.69, 9.17) is 11.6 Å². The Balaban J connectivity index is 1.67. The molecule has 2 aromatic carbocycles. The van der Waals surface area contributed by atoms with Crippen molar-refractivity contribution in [1.82, 2.24) is 5.32 Å². The fraction of sp³-hybridized carbons (Fsp3) is 0.304. The fourth-order valence-corrected chi connectivity index (χ4v) is 4.79. The first-order valence-corrected chi connectivity index (χ1v) is 11.1. The molecule has 2 aliphatic rings. The topological polar surface area (TPSA) is 49.4 Å². The van der Waals surface area contributed by atoms with Crippen molar-refractivity contribution in [3.8, 4) is 0 Å². The van der Waals surface area contributed by atoms with Crippen LogP contribution in [0.4, 0.5) is 5.69 Å². The minimum absolute atomic E-state index is 0.231. The van der Waals surface area contributed by atoms with Crippen molar-refractivity contribution in [3.63, 3.8) is 0 Å². The molecule has 1 heterocycles. The molecule has 0 atom stereocenters. The molecule has 2 amide bonds. The average Bonchev–Trinajstić information content (AvgIpc) is 2.95. The van der Waals surface area contributed by atoms with Gasteiger partial charge in [0.05, 0.1) is 5.69 Å². The van der Waals surface area contributed by atoms with Crippen molar-refractivity contribution in [2.24, 2.45) is 0 Å². The lowest BCUT2D eigenvalue weighted by Gasteiger charge is -2.24. The molecule has 0 aromatic heterocycles. The SMILES string of the molecule is Cc1ccc(SC2=C(NC3CCCCC3)C(=O)N(c3ccc(Cl)cc3)C2=O)cc1. The van der Waals surface area contributed by atoms with E-state index in [2.05, 4.69) is 5.32 Å². The molecule has 4 rings (SSSR count). The Morgan fingerprint density at radius 1 is 0.931 bits per heavy atom. The zero-order chi connectivity index (χ0) is 20.4. The van der Waals surface area contributed by atoms with E-state index < -0.39 is 0 Å². The summed E-state index contributed by atoms with van der Waals surface area (Å²) in [6.07, 6.45) is 5.57. The van der Waals surface area contributed by atoms with Gasteiger partial charge in [0.25, 0.3) is 11.8 Å². The van der Waals surface area contributed by atoms with Gasteiger partial charge in [-0.05, 0) is 56.2 Å². The summed E-state index contributed by atoms with van der Waals surface area (Å²) in [5.41, 5.74) is 2.11. The van der Waals surface area contributed by atoms with Gasteiger partial charge in [0, 0.05) is 16.0 Å². The Morgan fingerprint density at radius 2 is 1.59 bits per heavy atom. The van der Waals surface area contributed by atoms with Crippen LogP contribution in [-0.4, -0.2) is 17.9 Å². The van der Waals surface area contributed by atoms with Gasteiger partial charge in [0.15, 0.2) is 0 Å². The van der Waals surface area contributed by atoms with Crippen LogP contribution in [0, 0.1) is 6.92 Å². The molecule has 1 fully saturated rings. The summed E-state index contributed by atoms with van der Waals surface area (Å²) < 4.78 is 0. The molecule has 29 heavy (non-hydrogen) atoms. The number of nitrogens with one attached hydrogen (secondary N) is 1. The van der Waals surface area contributed by atoms with Gasteiger partial charge in [-0.1, -0.05) is 60.3 Å². The van der Waals surface area contributed by atoms with E-state index in [1.165, 1.54) is 23.1 Å². The Hall–Kier alpha value is -2.24. The Kier molecular flexibility index (Phi) is 5.97. The smallest absolute Gasteiger partial charge is 0.282 e. The number of hydrogen-bond donors (Lipinski definition) is 1. The molecule has 1 aliphatic carbocycles. The second kappa shape index (κ2) is 8.64. The van der Waals surface area contributed by atoms with Crippen LogP contribution in [0.15, 0.2) is 64.0 Å². The molecule has 1 N–H and O–H groups in total. The zero-order valence-corrected chi connectivity index (χ0v) is 17.9. The Bertz CT molecular complexity index is 948. The maximum absolute atomic E-state index is 13.3. The molecule has 0 spiro atoms. The van der Waals surface area contributed by atoms with Crippen LogP contribution in [0.1, 0.15) is 37.7 Å². The van der Waals surface area contributed by atoms with Crippen molar-refractivity contribution < 1.29 is 9.59 Å². The third-order valence-electron chi connectivity index (χ3n) is 5.32. The highest BCUT2D eigenvalue weighted by molar-refractivity contribution is 8.04. The van der Waals surface area contributed by atoms with E-state index in [-0.39, 0.29) is 17.9 Å². The summed E-state index contributed by atoms with van der Waals surface area (Å²) in [6.45, 7) is 2.02. The summed E-state index contributed by atoms with van der Waals surface area (Å²) in [4.78, 5) is 29.2. The molecular formula is C23H23ClN2O2S. The number of rotatable bonds is 5. The number of benzene rings is 2. The predicted octanol–water partition coefficient (Wildman–Crippen LogP) is 5.45. The largest absolute Gasteiger partial charge is 0.377 e. The number of thioether (sulfide) groups is 1. The highest BCUT2D eigenvalue weighted by atomic mass is 35.5. The first kappa shape index (κ1) is 20.0. The number of anilines is 1. The van der Waals surface area contributed by atoms with Gasteiger partial charge in [-0.25, -0.2) is 4.90 Å². The van der Waals surface area contributed by atoms with Gasteiger partial charge in [-0.15, -0.1) is 0 Å². The molecule has 150 valence electrons. The lowest BCUT2D eigenvalue weighted by atomic mass is 9.95. The maximum atomic E-state index is 13.3. The molecular weight excluding hydrogens is 404 g/mol. The molecule has 0 bridgehead atoms. The second-order valence-electron chi connectivity index (χ2n) is 7.52. The molecule has 6 heteroatoms. The molecule has 0 saturated heterocycles. The zero-order valence-electron chi connectivity index (χ0n) is 16.3. The summed E-state index contributed by atoms with van der Waals surface area (Å²) in [7, 11) is 0. The predicted molar refractivity (Wildman–Crippen MR) is 118 cm³/mol. The normalized spacial score (nSPS) is 17.9. The minimum Gasteiger partial charge on any atom is -0.377 e. The molecule has 0 radical (unpaired) electrons. The van der Waals surface area contributed by atoms with Crippen LogP contribution in [-0.2, 0) is 9.59 Å². The van der Waals surface area contributed by atoms with E-state index in [9.17, 15) is 9.59 Å². The minimum atomic E-state index is -0.294. The average molecular weight is 427 g/mol. The summed E-state index contributed by atoms with van der Waals surface area (Å²) in [5.74, 6) is -0.585. The van der Waals surface area contributed by atoms with E-state index in [0.29, 0.717) is 21.3 Å². The molecule has 0 unspecified atom stereocenters. The quantitative estimate of drug-likeness (QED) is 0.646. The second-order valence-corrected chi connectivity index (χ2v) is 9.04. The number of carbonyl (C=O) groups excluding carboxylic acids is 2. The first-order valence-electron chi connectivity index (χ1n) is 9.92. The number of nitrogens with zero attached hydrogens (tertiary/aromatic N) is 1. The number of imide groups is 1. The first-order chi connectivity index (χ1) is 14.0. The van der Waals surface area contributed by atoms with Gasteiger partial charge < -0.3 is 5.32 Å². The van der Waals surface area contributed by atoms with E-state index in [0.717, 1.165) is 36.1 Å². The van der Waals surface area contributed by atoms with E-state index >= 15 is 0 Å². The van der Waals surface area contributed by atoms with Gasteiger partial charge >= 0.3 is 0 Å². The molecule has 4 nitrogen and oxygen atoms in total. The monoisotopic (exact) mass is 426 g/mol. The lowest BCUT2D eigenvalue weighted by Crippen LogP contribution is -2.37. The highest BCUT2D eigenvalue weighted by Gasteiger charge is 2.40.